The summed E-state index contributed by atoms with van der Waals surface area (Å²) < 4.78 is 0. The Morgan fingerprint density at radius 1 is 1.08 bits per heavy atom. The van der Waals surface area contributed by atoms with Crippen LogP contribution in [0.25, 0.3) is 0 Å². The molecule has 0 aliphatic rings. The lowest BCUT2D eigenvalue weighted by atomic mass is 10.1. The molecule has 2 rings (SSSR count). The lowest BCUT2D eigenvalue weighted by Crippen LogP contribution is -2.56. The van der Waals surface area contributed by atoms with Gasteiger partial charge in [0.2, 0.25) is 0 Å². The summed E-state index contributed by atoms with van der Waals surface area (Å²) in [5.41, 5.74) is 2.49. The Labute approximate surface area is 150 Å². The zero-order valence-corrected chi connectivity index (χ0v) is 15.0. The predicted molar refractivity (Wildman–Crippen MR) is 94.1 cm³/mol. The van der Waals surface area contributed by atoms with Crippen LogP contribution in [-0.4, -0.2) is 27.3 Å². The minimum atomic E-state index is -0.659. The molecule has 1 heterocycles. The highest BCUT2D eigenvalue weighted by Crippen LogP contribution is 2.24. The number of hydrogen-bond donors (Lipinski definition) is 1. The van der Waals surface area contributed by atoms with Gasteiger partial charge in [-0.05, 0) is 51.1 Å². The number of carbonyl (C=O) groups excluding carboxylic acids is 2. The molecule has 126 valence electrons. The van der Waals surface area contributed by atoms with Gasteiger partial charge < -0.3 is 0 Å². The monoisotopic (exact) mass is 365 g/mol. The molecule has 1 aromatic heterocycles. The van der Waals surface area contributed by atoms with E-state index in [9.17, 15) is 9.59 Å². The first-order chi connectivity index (χ1) is 11.2. The summed E-state index contributed by atoms with van der Waals surface area (Å²) in [6.07, 6.45) is 1.51. The fraction of sp³-hybridized carbons (Fsp3) is 0.235. The molecule has 0 unspecified atom stereocenters. The quantitative estimate of drug-likeness (QED) is 0.818. The van der Waals surface area contributed by atoms with Crippen molar-refractivity contribution < 1.29 is 9.59 Å². The first-order valence-electron chi connectivity index (χ1n) is 7.22. The average molecular weight is 366 g/mol. The van der Waals surface area contributed by atoms with E-state index in [1.54, 1.807) is 51.1 Å². The standard InChI is InChI=1S/C17H17Cl2N3O2/c1-17(2,3)22(21-15(23)14-6-4-5-9-20-14)16(24)11-7-8-12(18)13(19)10-11/h4-10H,1-3H3,(H,21,23). The Hall–Kier alpha value is -2.11. The Morgan fingerprint density at radius 2 is 1.79 bits per heavy atom. The summed E-state index contributed by atoms with van der Waals surface area (Å²) in [6, 6.07) is 9.54. The number of amides is 2. The van der Waals surface area contributed by atoms with Crippen LogP contribution in [0.4, 0.5) is 0 Å². The van der Waals surface area contributed by atoms with Gasteiger partial charge >= 0.3 is 0 Å². The number of benzene rings is 1. The Balaban J connectivity index is 2.30. The number of hydrogen-bond acceptors (Lipinski definition) is 3. The van der Waals surface area contributed by atoms with Crippen LogP contribution in [0.5, 0.6) is 0 Å². The van der Waals surface area contributed by atoms with Crippen LogP contribution in [-0.2, 0) is 0 Å². The molecule has 0 atom stereocenters. The minimum Gasteiger partial charge on any atom is -0.267 e. The second kappa shape index (κ2) is 7.20. The van der Waals surface area contributed by atoms with E-state index in [0.717, 1.165) is 0 Å². The van der Waals surface area contributed by atoms with E-state index in [-0.39, 0.29) is 10.7 Å². The Morgan fingerprint density at radius 3 is 2.33 bits per heavy atom. The summed E-state index contributed by atoms with van der Waals surface area (Å²) in [4.78, 5) is 29.1. The van der Waals surface area contributed by atoms with E-state index in [0.29, 0.717) is 10.6 Å². The minimum absolute atomic E-state index is 0.216. The van der Waals surface area contributed by atoms with E-state index < -0.39 is 17.4 Å². The van der Waals surface area contributed by atoms with Gasteiger partial charge in [0.05, 0.1) is 15.6 Å². The molecule has 0 bridgehead atoms. The van der Waals surface area contributed by atoms with Crippen molar-refractivity contribution in [2.45, 2.75) is 26.3 Å². The van der Waals surface area contributed by atoms with Crippen LogP contribution in [0.3, 0.4) is 0 Å². The third kappa shape index (κ3) is 4.24. The lowest BCUT2D eigenvalue weighted by molar-refractivity contribution is 0.0357. The van der Waals surface area contributed by atoms with Crippen LogP contribution in [0, 0.1) is 0 Å². The summed E-state index contributed by atoms with van der Waals surface area (Å²) in [7, 11) is 0. The average Bonchev–Trinajstić information content (AvgIpc) is 2.54. The van der Waals surface area contributed by atoms with E-state index in [1.165, 1.54) is 17.3 Å². The molecule has 0 fully saturated rings. The molecular formula is C17H17Cl2N3O2. The van der Waals surface area contributed by atoms with Gasteiger partial charge in [-0.2, -0.15) is 0 Å². The number of aromatic nitrogens is 1. The second-order valence-corrected chi connectivity index (χ2v) is 6.91. The molecule has 0 saturated heterocycles. The van der Waals surface area contributed by atoms with Gasteiger partial charge in [0.25, 0.3) is 11.8 Å². The van der Waals surface area contributed by atoms with E-state index in [2.05, 4.69) is 10.4 Å². The molecule has 2 amide bonds. The highest BCUT2D eigenvalue weighted by atomic mass is 35.5. The molecule has 7 heteroatoms. The molecule has 5 nitrogen and oxygen atoms in total. The molecule has 1 N–H and O–H groups in total. The predicted octanol–water partition coefficient (Wildman–Crippen LogP) is 3.97. The highest BCUT2D eigenvalue weighted by molar-refractivity contribution is 6.42. The van der Waals surface area contributed by atoms with Crippen molar-refractivity contribution in [2.24, 2.45) is 0 Å². The zero-order chi connectivity index (χ0) is 17.9. The van der Waals surface area contributed by atoms with Crippen molar-refractivity contribution in [3.05, 3.63) is 63.9 Å². The van der Waals surface area contributed by atoms with Gasteiger partial charge in [0.1, 0.15) is 5.69 Å². The molecule has 24 heavy (non-hydrogen) atoms. The maximum absolute atomic E-state index is 12.8. The third-order valence-electron chi connectivity index (χ3n) is 3.15. The lowest BCUT2D eigenvalue weighted by Gasteiger charge is -2.35. The molecule has 0 aliphatic heterocycles. The number of pyridine rings is 1. The fourth-order valence-corrected chi connectivity index (χ4v) is 2.24. The van der Waals surface area contributed by atoms with Crippen molar-refractivity contribution in [2.75, 3.05) is 0 Å². The Kier molecular flexibility index (Phi) is 5.47. The van der Waals surface area contributed by atoms with Gasteiger partial charge in [-0.25, -0.2) is 5.01 Å². The van der Waals surface area contributed by atoms with E-state index >= 15 is 0 Å². The third-order valence-corrected chi connectivity index (χ3v) is 3.89. The number of rotatable bonds is 2. The number of halogens is 2. The van der Waals surface area contributed by atoms with Gasteiger partial charge in [0.15, 0.2) is 0 Å². The topological polar surface area (TPSA) is 62.3 Å². The highest BCUT2D eigenvalue weighted by Gasteiger charge is 2.30. The molecule has 0 spiro atoms. The van der Waals surface area contributed by atoms with Crippen molar-refractivity contribution in [3.63, 3.8) is 0 Å². The van der Waals surface area contributed by atoms with Crippen molar-refractivity contribution in [3.8, 4) is 0 Å². The first kappa shape index (κ1) is 18.2. The van der Waals surface area contributed by atoms with E-state index in [4.69, 9.17) is 23.2 Å². The van der Waals surface area contributed by atoms with Crippen LogP contribution in [0.15, 0.2) is 42.6 Å². The molecule has 0 aliphatic carbocycles. The van der Waals surface area contributed by atoms with Crippen LogP contribution in [0.1, 0.15) is 41.6 Å². The molecule has 2 aromatic rings. The maximum atomic E-state index is 12.8. The second-order valence-electron chi connectivity index (χ2n) is 6.10. The summed E-state index contributed by atoms with van der Waals surface area (Å²) in [5.74, 6) is -0.871. The molecular weight excluding hydrogens is 349 g/mol. The van der Waals surface area contributed by atoms with Crippen molar-refractivity contribution >= 4 is 35.0 Å². The van der Waals surface area contributed by atoms with Gasteiger partial charge in [-0.15, -0.1) is 0 Å². The van der Waals surface area contributed by atoms with Gasteiger partial charge in [-0.3, -0.25) is 20.0 Å². The van der Waals surface area contributed by atoms with Crippen LogP contribution in [0.2, 0.25) is 10.0 Å². The zero-order valence-electron chi connectivity index (χ0n) is 13.5. The van der Waals surface area contributed by atoms with Gasteiger partial charge in [0, 0.05) is 11.8 Å². The fourth-order valence-electron chi connectivity index (χ4n) is 1.94. The van der Waals surface area contributed by atoms with E-state index in [1.807, 2.05) is 0 Å². The number of carbonyl (C=O) groups is 2. The number of nitrogens with one attached hydrogen (secondary N) is 1. The molecule has 1 aromatic carbocycles. The number of hydrazine groups is 1. The van der Waals surface area contributed by atoms with Crippen LogP contribution < -0.4 is 5.43 Å². The van der Waals surface area contributed by atoms with Crippen molar-refractivity contribution in [1.82, 2.24) is 15.4 Å². The van der Waals surface area contributed by atoms with Crippen LogP contribution >= 0.6 is 23.2 Å². The maximum Gasteiger partial charge on any atom is 0.288 e. The smallest absolute Gasteiger partial charge is 0.267 e. The summed E-state index contributed by atoms with van der Waals surface area (Å²) >= 11 is 11.9. The Bertz CT molecular complexity index is 758. The number of nitrogens with zero attached hydrogens (tertiary/aromatic N) is 2. The van der Waals surface area contributed by atoms with Crippen molar-refractivity contribution in [1.29, 1.82) is 0 Å². The first-order valence-corrected chi connectivity index (χ1v) is 7.97. The molecule has 0 saturated carbocycles. The largest absolute Gasteiger partial charge is 0.288 e. The summed E-state index contributed by atoms with van der Waals surface area (Å²) in [6.45, 7) is 5.42. The normalized spacial score (nSPS) is 11.0. The summed E-state index contributed by atoms with van der Waals surface area (Å²) in [5, 5.41) is 1.88. The SMILES string of the molecule is CC(C)(C)N(NC(=O)c1ccccn1)C(=O)c1ccc(Cl)c(Cl)c1. The van der Waals surface area contributed by atoms with Gasteiger partial charge in [-0.1, -0.05) is 29.3 Å². The molecule has 0 radical (unpaired) electrons.